The van der Waals surface area contributed by atoms with Gasteiger partial charge in [0.2, 0.25) is 0 Å². The zero-order valence-corrected chi connectivity index (χ0v) is 9.62. The van der Waals surface area contributed by atoms with Crippen molar-refractivity contribution in [3.63, 3.8) is 0 Å². The highest BCUT2D eigenvalue weighted by molar-refractivity contribution is 5.16. The van der Waals surface area contributed by atoms with Crippen molar-refractivity contribution in [2.75, 3.05) is 0 Å². The van der Waals surface area contributed by atoms with Crippen molar-refractivity contribution in [3.8, 4) is 0 Å². The molecule has 0 saturated carbocycles. The van der Waals surface area contributed by atoms with Crippen molar-refractivity contribution >= 4 is 0 Å². The van der Waals surface area contributed by atoms with Crippen LogP contribution in [0.5, 0.6) is 0 Å². The molecule has 0 unspecified atom stereocenters. The van der Waals surface area contributed by atoms with Gasteiger partial charge in [0.05, 0.1) is 0 Å². The van der Waals surface area contributed by atoms with E-state index in [-0.39, 0.29) is 0 Å². The molecule has 0 amide bonds. The van der Waals surface area contributed by atoms with E-state index in [4.69, 9.17) is 0 Å². The minimum atomic E-state index is 0.663. The highest BCUT2D eigenvalue weighted by Crippen LogP contribution is 2.13. The summed E-state index contributed by atoms with van der Waals surface area (Å²) in [5.41, 5.74) is 2.54. The highest BCUT2D eigenvalue weighted by Gasteiger charge is 2.07. The fourth-order valence-corrected chi connectivity index (χ4v) is 1.56. The van der Waals surface area contributed by atoms with E-state index in [0.29, 0.717) is 11.8 Å². The molecule has 0 atom stereocenters. The Morgan fingerprint density at radius 3 is 2.29 bits per heavy atom. The maximum absolute atomic E-state index is 4.36. The first kappa shape index (κ1) is 11.2. The van der Waals surface area contributed by atoms with Gasteiger partial charge in [0, 0.05) is 11.9 Å². The predicted molar refractivity (Wildman–Crippen MR) is 59.1 cm³/mol. The van der Waals surface area contributed by atoms with Crippen molar-refractivity contribution in [3.05, 3.63) is 23.8 Å². The summed E-state index contributed by atoms with van der Waals surface area (Å²) >= 11 is 0. The third-order valence-corrected chi connectivity index (χ3v) is 2.11. The van der Waals surface area contributed by atoms with Gasteiger partial charge in [0.1, 0.15) is 6.33 Å². The van der Waals surface area contributed by atoms with E-state index in [9.17, 15) is 0 Å². The Kier molecular flexibility index (Phi) is 4.05. The summed E-state index contributed by atoms with van der Waals surface area (Å²) in [5, 5.41) is 0. The number of hydrogen-bond donors (Lipinski definition) is 0. The fourth-order valence-electron chi connectivity index (χ4n) is 1.56. The van der Waals surface area contributed by atoms with Crippen LogP contribution in [0.4, 0.5) is 0 Å². The average molecular weight is 192 g/mol. The number of rotatable bonds is 4. The molecule has 14 heavy (non-hydrogen) atoms. The van der Waals surface area contributed by atoms with Crippen LogP contribution in [0.1, 0.15) is 39.0 Å². The molecule has 0 aromatic carbocycles. The summed E-state index contributed by atoms with van der Waals surface area (Å²) in [7, 11) is 0. The molecule has 0 aliphatic heterocycles. The molecule has 1 rings (SSSR count). The fraction of sp³-hybridized carbons (Fsp3) is 0.667. The van der Waals surface area contributed by atoms with Crippen LogP contribution in [0.25, 0.3) is 0 Å². The van der Waals surface area contributed by atoms with Crippen molar-refractivity contribution in [2.45, 2.75) is 40.5 Å². The molecule has 0 aliphatic rings. The lowest BCUT2D eigenvalue weighted by atomic mass is 9.98. The molecule has 0 fully saturated rings. The molecular weight excluding hydrogens is 172 g/mol. The standard InChI is InChI=1S/C12H20N2/c1-9(2)5-11-7-13-8-14-12(11)6-10(3)4/h7-10H,5-6H2,1-4H3. The average Bonchev–Trinajstić information content (AvgIpc) is 2.06. The molecule has 0 N–H and O–H groups in total. The molecule has 1 heterocycles. The van der Waals surface area contributed by atoms with Gasteiger partial charge in [0.15, 0.2) is 0 Å². The molecular formula is C12H20N2. The molecule has 0 radical (unpaired) electrons. The summed E-state index contributed by atoms with van der Waals surface area (Å²) in [6, 6.07) is 0. The largest absolute Gasteiger partial charge is 0.245 e. The van der Waals surface area contributed by atoms with E-state index in [0.717, 1.165) is 12.8 Å². The topological polar surface area (TPSA) is 25.8 Å². The van der Waals surface area contributed by atoms with Gasteiger partial charge in [-0.2, -0.15) is 0 Å². The van der Waals surface area contributed by atoms with Gasteiger partial charge in [-0.3, -0.25) is 0 Å². The second-order valence-electron chi connectivity index (χ2n) is 4.69. The lowest BCUT2D eigenvalue weighted by Gasteiger charge is -2.11. The van der Waals surface area contributed by atoms with Crippen molar-refractivity contribution < 1.29 is 0 Å². The van der Waals surface area contributed by atoms with E-state index in [1.54, 1.807) is 6.33 Å². The van der Waals surface area contributed by atoms with Crippen molar-refractivity contribution in [1.29, 1.82) is 0 Å². The molecule has 78 valence electrons. The van der Waals surface area contributed by atoms with Gasteiger partial charge < -0.3 is 0 Å². The first-order chi connectivity index (χ1) is 6.59. The molecule has 0 spiro atoms. The van der Waals surface area contributed by atoms with Crippen LogP contribution in [0, 0.1) is 11.8 Å². The lowest BCUT2D eigenvalue weighted by Crippen LogP contribution is -2.05. The summed E-state index contributed by atoms with van der Waals surface area (Å²) < 4.78 is 0. The molecule has 0 bridgehead atoms. The molecule has 0 aliphatic carbocycles. The van der Waals surface area contributed by atoms with E-state index in [1.807, 2.05) is 6.20 Å². The van der Waals surface area contributed by atoms with Gasteiger partial charge in [0.25, 0.3) is 0 Å². The summed E-state index contributed by atoms with van der Waals surface area (Å²) in [6.45, 7) is 8.90. The van der Waals surface area contributed by atoms with E-state index < -0.39 is 0 Å². The van der Waals surface area contributed by atoms with Gasteiger partial charge in [-0.1, -0.05) is 27.7 Å². The van der Waals surface area contributed by atoms with Crippen LogP contribution in [0.2, 0.25) is 0 Å². The smallest absolute Gasteiger partial charge is 0.115 e. The molecule has 2 heteroatoms. The van der Waals surface area contributed by atoms with Gasteiger partial charge in [-0.25, -0.2) is 9.97 Å². The SMILES string of the molecule is CC(C)Cc1cncnc1CC(C)C. The molecule has 2 nitrogen and oxygen atoms in total. The lowest BCUT2D eigenvalue weighted by molar-refractivity contribution is 0.602. The third kappa shape index (κ3) is 3.44. The zero-order chi connectivity index (χ0) is 10.6. The predicted octanol–water partition coefficient (Wildman–Crippen LogP) is 2.87. The Bertz CT molecular complexity index is 250. The molecule has 1 aromatic heterocycles. The van der Waals surface area contributed by atoms with Crippen LogP contribution >= 0.6 is 0 Å². The van der Waals surface area contributed by atoms with Crippen molar-refractivity contribution in [2.24, 2.45) is 11.8 Å². The Morgan fingerprint density at radius 1 is 1.07 bits per heavy atom. The third-order valence-electron chi connectivity index (χ3n) is 2.11. The molecule has 1 aromatic rings. The first-order valence-electron chi connectivity index (χ1n) is 5.37. The van der Waals surface area contributed by atoms with Gasteiger partial charge >= 0.3 is 0 Å². The second-order valence-corrected chi connectivity index (χ2v) is 4.69. The molecule has 0 saturated heterocycles. The summed E-state index contributed by atoms with van der Waals surface area (Å²) in [6.07, 6.45) is 5.76. The zero-order valence-electron chi connectivity index (χ0n) is 9.62. The Morgan fingerprint density at radius 2 is 1.71 bits per heavy atom. The van der Waals surface area contributed by atoms with Crippen LogP contribution in [0.15, 0.2) is 12.5 Å². The number of hydrogen-bond acceptors (Lipinski definition) is 2. The Balaban J connectivity index is 2.80. The van der Waals surface area contributed by atoms with Crippen LogP contribution in [0.3, 0.4) is 0 Å². The Labute approximate surface area is 86.8 Å². The van der Waals surface area contributed by atoms with Crippen molar-refractivity contribution in [1.82, 2.24) is 9.97 Å². The summed E-state index contributed by atoms with van der Waals surface area (Å²) in [4.78, 5) is 8.46. The van der Waals surface area contributed by atoms with Crippen LogP contribution < -0.4 is 0 Å². The van der Waals surface area contributed by atoms with E-state index in [1.165, 1.54) is 11.3 Å². The van der Waals surface area contributed by atoms with Gasteiger partial charge in [-0.05, 0) is 30.2 Å². The monoisotopic (exact) mass is 192 g/mol. The maximum Gasteiger partial charge on any atom is 0.115 e. The van der Waals surface area contributed by atoms with Crippen LogP contribution in [-0.4, -0.2) is 9.97 Å². The minimum Gasteiger partial charge on any atom is -0.245 e. The second kappa shape index (κ2) is 5.08. The number of aromatic nitrogens is 2. The Hall–Kier alpha value is -0.920. The number of nitrogens with zero attached hydrogens (tertiary/aromatic N) is 2. The van der Waals surface area contributed by atoms with E-state index >= 15 is 0 Å². The van der Waals surface area contributed by atoms with E-state index in [2.05, 4.69) is 37.7 Å². The minimum absolute atomic E-state index is 0.663. The quantitative estimate of drug-likeness (QED) is 0.733. The highest BCUT2D eigenvalue weighted by atomic mass is 14.8. The van der Waals surface area contributed by atoms with Gasteiger partial charge in [-0.15, -0.1) is 0 Å². The summed E-state index contributed by atoms with van der Waals surface area (Å²) in [5.74, 6) is 1.34. The first-order valence-corrected chi connectivity index (χ1v) is 5.37. The maximum atomic E-state index is 4.36. The van der Waals surface area contributed by atoms with Crippen LogP contribution in [-0.2, 0) is 12.8 Å². The normalized spacial score (nSPS) is 11.3.